The molecule has 0 aromatic rings. The summed E-state index contributed by atoms with van der Waals surface area (Å²) in [6.45, 7) is 7.67. The van der Waals surface area contributed by atoms with E-state index in [1.165, 1.54) is 0 Å². The molecule has 12 heavy (non-hydrogen) atoms. The second-order valence-electron chi connectivity index (χ2n) is 3.82. The monoisotopic (exact) mass is 189 g/mol. The Morgan fingerprint density at radius 2 is 2.08 bits per heavy atom. The smallest absolute Gasteiger partial charge is 0.0362 e. The standard InChI is InChI=1S/C9H19NOS/c1-8(2)10-5-7-12(11)6-4-9(10)3/h8-9H,4-7H2,1-3H3. The molecule has 0 N–H and O–H groups in total. The van der Waals surface area contributed by atoms with E-state index in [4.69, 9.17) is 0 Å². The number of hydrogen-bond donors (Lipinski definition) is 0. The first-order valence-electron chi connectivity index (χ1n) is 4.72. The Morgan fingerprint density at radius 3 is 2.67 bits per heavy atom. The van der Waals surface area contributed by atoms with Crippen molar-refractivity contribution in [3.8, 4) is 0 Å². The van der Waals surface area contributed by atoms with Gasteiger partial charge in [-0.05, 0) is 27.2 Å². The molecule has 0 amide bonds. The van der Waals surface area contributed by atoms with Crippen LogP contribution in [0.4, 0.5) is 0 Å². The lowest BCUT2D eigenvalue weighted by atomic mass is 10.2. The van der Waals surface area contributed by atoms with E-state index in [9.17, 15) is 4.21 Å². The Kier molecular flexibility index (Phi) is 3.72. The average molecular weight is 189 g/mol. The zero-order valence-corrected chi connectivity index (χ0v) is 9.06. The maximum atomic E-state index is 11.3. The summed E-state index contributed by atoms with van der Waals surface area (Å²) in [5.74, 6) is 1.76. The molecule has 0 aliphatic carbocycles. The minimum atomic E-state index is -0.557. The van der Waals surface area contributed by atoms with Gasteiger partial charge in [0.1, 0.15) is 0 Å². The van der Waals surface area contributed by atoms with Crippen LogP contribution in [0.15, 0.2) is 0 Å². The first kappa shape index (κ1) is 10.2. The SMILES string of the molecule is CC(C)N1CCS(=O)CCC1C. The summed E-state index contributed by atoms with van der Waals surface area (Å²) in [4.78, 5) is 2.45. The van der Waals surface area contributed by atoms with Crippen molar-refractivity contribution in [1.29, 1.82) is 0 Å². The predicted octanol–water partition coefficient (Wildman–Crippen LogP) is 1.24. The molecule has 0 radical (unpaired) electrons. The molecule has 1 heterocycles. The minimum Gasteiger partial charge on any atom is -0.297 e. The molecule has 2 unspecified atom stereocenters. The van der Waals surface area contributed by atoms with Gasteiger partial charge in [0.05, 0.1) is 0 Å². The molecule has 2 nitrogen and oxygen atoms in total. The van der Waals surface area contributed by atoms with Gasteiger partial charge in [-0.2, -0.15) is 0 Å². The molecule has 0 spiro atoms. The van der Waals surface area contributed by atoms with Gasteiger partial charge in [-0.3, -0.25) is 9.11 Å². The molecule has 1 aliphatic rings. The molecular weight excluding hydrogens is 170 g/mol. The maximum Gasteiger partial charge on any atom is 0.0362 e. The molecule has 1 saturated heterocycles. The topological polar surface area (TPSA) is 20.3 Å². The Labute approximate surface area is 77.8 Å². The molecule has 0 saturated carbocycles. The number of nitrogens with zero attached hydrogens (tertiary/aromatic N) is 1. The van der Waals surface area contributed by atoms with Gasteiger partial charge in [-0.25, -0.2) is 0 Å². The largest absolute Gasteiger partial charge is 0.297 e. The highest BCUT2D eigenvalue weighted by Gasteiger charge is 2.21. The number of rotatable bonds is 1. The molecular formula is C9H19NOS. The third-order valence-corrected chi connectivity index (χ3v) is 3.90. The van der Waals surface area contributed by atoms with Crippen LogP contribution < -0.4 is 0 Å². The van der Waals surface area contributed by atoms with Gasteiger partial charge in [-0.1, -0.05) is 0 Å². The van der Waals surface area contributed by atoms with Crippen LogP contribution in [0.25, 0.3) is 0 Å². The lowest BCUT2D eigenvalue weighted by Crippen LogP contribution is -2.39. The van der Waals surface area contributed by atoms with Crippen molar-refractivity contribution in [3.63, 3.8) is 0 Å². The average Bonchev–Trinajstić information content (AvgIpc) is 2.14. The highest BCUT2D eigenvalue weighted by molar-refractivity contribution is 7.85. The molecule has 1 aliphatic heterocycles. The lowest BCUT2D eigenvalue weighted by Gasteiger charge is -2.30. The molecule has 1 rings (SSSR count). The molecule has 2 atom stereocenters. The molecule has 0 aromatic heterocycles. The van der Waals surface area contributed by atoms with Crippen molar-refractivity contribution >= 4 is 10.8 Å². The Bertz CT molecular complexity index is 170. The summed E-state index contributed by atoms with van der Waals surface area (Å²) in [6.07, 6.45) is 1.09. The van der Waals surface area contributed by atoms with Gasteiger partial charge in [0.25, 0.3) is 0 Å². The van der Waals surface area contributed by atoms with Crippen molar-refractivity contribution in [1.82, 2.24) is 4.90 Å². The van der Waals surface area contributed by atoms with E-state index >= 15 is 0 Å². The van der Waals surface area contributed by atoms with Gasteiger partial charge in [0, 0.05) is 40.9 Å². The van der Waals surface area contributed by atoms with E-state index in [2.05, 4.69) is 25.7 Å². The van der Waals surface area contributed by atoms with E-state index in [0.29, 0.717) is 12.1 Å². The molecule has 0 aromatic carbocycles. The van der Waals surface area contributed by atoms with Gasteiger partial charge in [-0.15, -0.1) is 0 Å². The molecule has 0 bridgehead atoms. The predicted molar refractivity (Wildman–Crippen MR) is 53.8 cm³/mol. The van der Waals surface area contributed by atoms with Crippen molar-refractivity contribution in [2.45, 2.75) is 39.3 Å². The zero-order chi connectivity index (χ0) is 9.14. The number of hydrogen-bond acceptors (Lipinski definition) is 2. The van der Waals surface area contributed by atoms with Crippen LogP contribution in [0.3, 0.4) is 0 Å². The van der Waals surface area contributed by atoms with Gasteiger partial charge in [0.15, 0.2) is 0 Å². The van der Waals surface area contributed by atoms with E-state index in [-0.39, 0.29) is 0 Å². The fourth-order valence-corrected chi connectivity index (χ4v) is 2.99. The van der Waals surface area contributed by atoms with Crippen LogP contribution in [0, 0.1) is 0 Å². The van der Waals surface area contributed by atoms with Crippen LogP contribution >= 0.6 is 0 Å². The van der Waals surface area contributed by atoms with Gasteiger partial charge < -0.3 is 0 Å². The highest BCUT2D eigenvalue weighted by atomic mass is 32.2. The summed E-state index contributed by atoms with van der Waals surface area (Å²) in [7, 11) is -0.557. The van der Waals surface area contributed by atoms with Crippen molar-refractivity contribution in [2.75, 3.05) is 18.1 Å². The second-order valence-corrected chi connectivity index (χ2v) is 5.51. The highest BCUT2D eigenvalue weighted by Crippen LogP contribution is 2.12. The summed E-state index contributed by atoms with van der Waals surface area (Å²) in [5, 5.41) is 0. The first-order valence-corrected chi connectivity index (χ1v) is 6.20. The normalized spacial score (nSPS) is 33.7. The Hall–Kier alpha value is 0.110. The van der Waals surface area contributed by atoms with Crippen LogP contribution in [-0.2, 0) is 10.8 Å². The van der Waals surface area contributed by atoms with Crippen LogP contribution in [0.1, 0.15) is 27.2 Å². The zero-order valence-electron chi connectivity index (χ0n) is 8.25. The molecule has 3 heteroatoms. The lowest BCUT2D eigenvalue weighted by molar-refractivity contribution is 0.175. The van der Waals surface area contributed by atoms with Crippen LogP contribution in [-0.4, -0.2) is 39.2 Å². The van der Waals surface area contributed by atoms with E-state index in [1.54, 1.807) is 0 Å². The van der Waals surface area contributed by atoms with Gasteiger partial charge in [0.2, 0.25) is 0 Å². The fourth-order valence-electron chi connectivity index (χ4n) is 1.76. The minimum absolute atomic E-state index is 0.557. The summed E-state index contributed by atoms with van der Waals surface area (Å²) in [5.41, 5.74) is 0. The van der Waals surface area contributed by atoms with Crippen molar-refractivity contribution in [2.24, 2.45) is 0 Å². The third kappa shape index (κ3) is 2.56. The summed E-state index contributed by atoms with van der Waals surface area (Å²) < 4.78 is 11.3. The summed E-state index contributed by atoms with van der Waals surface area (Å²) in [6, 6.07) is 1.20. The van der Waals surface area contributed by atoms with Crippen molar-refractivity contribution in [3.05, 3.63) is 0 Å². The molecule has 72 valence electrons. The third-order valence-electron chi connectivity index (χ3n) is 2.57. The van der Waals surface area contributed by atoms with Crippen molar-refractivity contribution < 1.29 is 4.21 Å². The fraction of sp³-hybridized carbons (Fsp3) is 1.00. The van der Waals surface area contributed by atoms with Gasteiger partial charge >= 0.3 is 0 Å². The van der Waals surface area contributed by atoms with E-state index < -0.39 is 10.8 Å². The van der Waals surface area contributed by atoms with Crippen LogP contribution in [0.5, 0.6) is 0 Å². The first-order chi connectivity index (χ1) is 5.61. The maximum absolute atomic E-state index is 11.3. The summed E-state index contributed by atoms with van der Waals surface area (Å²) >= 11 is 0. The van der Waals surface area contributed by atoms with Crippen LogP contribution in [0.2, 0.25) is 0 Å². The molecule has 1 fully saturated rings. The quantitative estimate of drug-likeness (QED) is 0.618. The Morgan fingerprint density at radius 1 is 1.42 bits per heavy atom. The van der Waals surface area contributed by atoms with E-state index in [1.807, 2.05) is 0 Å². The second kappa shape index (κ2) is 4.38. The Balaban J connectivity index is 2.56. The van der Waals surface area contributed by atoms with E-state index in [0.717, 1.165) is 24.5 Å².